The highest BCUT2D eigenvalue weighted by atomic mass is 16.5. The molecule has 0 aromatic heterocycles. The monoisotopic (exact) mass is 221 g/mol. The van der Waals surface area contributed by atoms with Crippen molar-refractivity contribution in [2.45, 2.75) is 31.3 Å². The Morgan fingerprint density at radius 3 is 2.25 bits per heavy atom. The molecule has 88 valence electrons. The SMILES string of the molecule is COc1ccc(OC2(CCN)CCC2)cc1. The molecule has 1 aromatic carbocycles. The van der Waals surface area contributed by atoms with Crippen molar-refractivity contribution in [1.29, 1.82) is 0 Å². The fourth-order valence-corrected chi connectivity index (χ4v) is 2.13. The molecule has 0 atom stereocenters. The second kappa shape index (κ2) is 4.74. The van der Waals surface area contributed by atoms with Crippen molar-refractivity contribution in [2.24, 2.45) is 5.73 Å². The smallest absolute Gasteiger partial charge is 0.120 e. The third-order valence-electron chi connectivity index (χ3n) is 3.26. The maximum absolute atomic E-state index is 6.04. The summed E-state index contributed by atoms with van der Waals surface area (Å²) in [7, 11) is 1.66. The van der Waals surface area contributed by atoms with E-state index in [0.29, 0.717) is 6.54 Å². The Labute approximate surface area is 96.5 Å². The Morgan fingerprint density at radius 1 is 1.19 bits per heavy atom. The Kier molecular flexibility index (Phi) is 3.34. The molecule has 0 heterocycles. The van der Waals surface area contributed by atoms with E-state index in [-0.39, 0.29) is 5.60 Å². The van der Waals surface area contributed by atoms with Crippen LogP contribution in [0.25, 0.3) is 0 Å². The van der Waals surface area contributed by atoms with E-state index in [9.17, 15) is 0 Å². The van der Waals surface area contributed by atoms with Gasteiger partial charge in [0.25, 0.3) is 0 Å². The number of methoxy groups -OCH3 is 1. The maximum Gasteiger partial charge on any atom is 0.120 e. The molecule has 0 radical (unpaired) electrons. The van der Waals surface area contributed by atoms with Crippen molar-refractivity contribution in [3.63, 3.8) is 0 Å². The minimum absolute atomic E-state index is 0.00331. The topological polar surface area (TPSA) is 44.5 Å². The van der Waals surface area contributed by atoms with Gasteiger partial charge in [0, 0.05) is 0 Å². The molecule has 1 aromatic rings. The first-order valence-electron chi connectivity index (χ1n) is 5.81. The molecule has 1 fully saturated rings. The standard InChI is InChI=1S/C13H19NO2/c1-15-11-3-5-12(6-4-11)16-13(9-10-14)7-2-8-13/h3-6H,2,7-10,14H2,1H3. The lowest BCUT2D eigenvalue weighted by Gasteiger charge is -2.41. The summed E-state index contributed by atoms with van der Waals surface area (Å²) in [5, 5.41) is 0. The molecule has 1 saturated carbocycles. The number of nitrogens with two attached hydrogens (primary N) is 1. The average Bonchev–Trinajstić information content (AvgIpc) is 2.27. The first-order valence-corrected chi connectivity index (χ1v) is 5.81. The van der Waals surface area contributed by atoms with E-state index < -0.39 is 0 Å². The van der Waals surface area contributed by atoms with Crippen LogP contribution in [-0.4, -0.2) is 19.3 Å². The minimum atomic E-state index is 0.00331. The van der Waals surface area contributed by atoms with E-state index in [2.05, 4.69) is 0 Å². The highest BCUT2D eigenvalue weighted by Gasteiger charge is 2.38. The molecule has 3 nitrogen and oxygen atoms in total. The molecule has 1 aliphatic carbocycles. The maximum atomic E-state index is 6.04. The van der Waals surface area contributed by atoms with Crippen LogP contribution in [0.1, 0.15) is 25.7 Å². The van der Waals surface area contributed by atoms with Gasteiger partial charge in [0.2, 0.25) is 0 Å². The number of benzene rings is 1. The van der Waals surface area contributed by atoms with Gasteiger partial charge in [0.1, 0.15) is 17.1 Å². The zero-order valence-corrected chi connectivity index (χ0v) is 9.74. The predicted octanol–water partition coefficient (Wildman–Crippen LogP) is 2.35. The second-order valence-corrected chi connectivity index (χ2v) is 4.35. The van der Waals surface area contributed by atoms with Gasteiger partial charge in [-0.3, -0.25) is 0 Å². The van der Waals surface area contributed by atoms with Crippen LogP contribution in [0.5, 0.6) is 11.5 Å². The highest BCUT2D eigenvalue weighted by Crippen LogP contribution is 2.39. The van der Waals surface area contributed by atoms with Gasteiger partial charge in [-0.05, 0) is 56.5 Å². The van der Waals surface area contributed by atoms with Crippen molar-refractivity contribution in [3.05, 3.63) is 24.3 Å². The van der Waals surface area contributed by atoms with Gasteiger partial charge in [0.15, 0.2) is 0 Å². The highest BCUT2D eigenvalue weighted by molar-refractivity contribution is 5.31. The first kappa shape index (κ1) is 11.3. The first-order chi connectivity index (χ1) is 7.78. The van der Waals surface area contributed by atoms with E-state index in [4.69, 9.17) is 15.2 Å². The van der Waals surface area contributed by atoms with Gasteiger partial charge in [-0.25, -0.2) is 0 Å². The molecule has 0 aliphatic heterocycles. The normalized spacial score (nSPS) is 17.6. The number of hydrogen-bond donors (Lipinski definition) is 1. The molecular weight excluding hydrogens is 202 g/mol. The fourth-order valence-electron chi connectivity index (χ4n) is 2.13. The zero-order chi connectivity index (χ0) is 11.4. The van der Waals surface area contributed by atoms with E-state index in [1.165, 1.54) is 6.42 Å². The van der Waals surface area contributed by atoms with Crippen LogP contribution in [0.4, 0.5) is 0 Å². The third kappa shape index (κ3) is 2.30. The van der Waals surface area contributed by atoms with Crippen LogP contribution in [-0.2, 0) is 0 Å². The van der Waals surface area contributed by atoms with Gasteiger partial charge < -0.3 is 15.2 Å². The van der Waals surface area contributed by atoms with Gasteiger partial charge >= 0.3 is 0 Å². The van der Waals surface area contributed by atoms with Crippen molar-refractivity contribution in [1.82, 2.24) is 0 Å². The van der Waals surface area contributed by atoms with Crippen molar-refractivity contribution >= 4 is 0 Å². The molecule has 3 heteroatoms. The van der Waals surface area contributed by atoms with Crippen molar-refractivity contribution in [3.8, 4) is 11.5 Å². The molecular formula is C13H19NO2. The van der Waals surface area contributed by atoms with Crippen LogP contribution in [0, 0.1) is 0 Å². The second-order valence-electron chi connectivity index (χ2n) is 4.35. The molecule has 16 heavy (non-hydrogen) atoms. The lowest BCUT2D eigenvalue weighted by atomic mass is 9.77. The van der Waals surface area contributed by atoms with Crippen LogP contribution in [0.15, 0.2) is 24.3 Å². The van der Waals surface area contributed by atoms with Crippen LogP contribution in [0.2, 0.25) is 0 Å². The van der Waals surface area contributed by atoms with Gasteiger partial charge in [-0.2, -0.15) is 0 Å². The zero-order valence-electron chi connectivity index (χ0n) is 9.74. The molecule has 0 spiro atoms. The molecule has 0 saturated heterocycles. The largest absolute Gasteiger partial charge is 0.497 e. The Bertz CT molecular complexity index is 330. The average molecular weight is 221 g/mol. The Balaban J connectivity index is 2.01. The molecule has 0 amide bonds. The molecule has 0 bridgehead atoms. The van der Waals surface area contributed by atoms with Crippen LogP contribution in [0.3, 0.4) is 0 Å². The summed E-state index contributed by atoms with van der Waals surface area (Å²) in [6, 6.07) is 7.75. The summed E-state index contributed by atoms with van der Waals surface area (Å²) in [6.45, 7) is 0.691. The van der Waals surface area contributed by atoms with E-state index in [1.807, 2.05) is 24.3 Å². The predicted molar refractivity (Wildman–Crippen MR) is 63.9 cm³/mol. The fraction of sp³-hybridized carbons (Fsp3) is 0.538. The van der Waals surface area contributed by atoms with E-state index in [1.54, 1.807) is 7.11 Å². The molecule has 2 rings (SSSR count). The summed E-state index contributed by atoms with van der Waals surface area (Å²) >= 11 is 0. The summed E-state index contributed by atoms with van der Waals surface area (Å²) in [4.78, 5) is 0. The molecule has 1 aliphatic rings. The Morgan fingerprint density at radius 2 is 1.81 bits per heavy atom. The summed E-state index contributed by atoms with van der Waals surface area (Å²) in [6.07, 6.45) is 4.43. The summed E-state index contributed by atoms with van der Waals surface area (Å²) in [5.41, 5.74) is 5.63. The number of ether oxygens (including phenoxy) is 2. The Hall–Kier alpha value is -1.22. The van der Waals surface area contributed by atoms with Gasteiger partial charge in [0.05, 0.1) is 7.11 Å². The van der Waals surface area contributed by atoms with Gasteiger partial charge in [-0.1, -0.05) is 0 Å². The molecule has 2 N–H and O–H groups in total. The van der Waals surface area contributed by atoms with E-state index in [0.717, 1.165) is 30.8 Å². The molecule has 0 unspecified atom stereocenters. The number of hydrogen-bond acceptors (Lipinski definition) is 3. The lowest BCUT2D eigenvalue weighted by molar-refractivity contribution is -0.0125. The van der Waals surface area contributed by atoms with Crippen molar-refractivity contribution < 1.29 is 9.47 Å². The minimum Gasteiger partial charge on any atom is -0.497 e. The number of rotatable bonds is 5. The quantitative estimate of drug-likeness (QED) is 0.830. The third-order valence-corrected chi connectivity index (χ3v) is 3.26. The van der Waals surface area contributed by atoms with Crippen LogP contribution < -0.4 is 15.2 Å². The van der Waals surface area contributed by atoms with Crippen molar-refractivity contribution in [2.75, 3.05) is 13.7 Å². The summed E-state index contributed by atoms with van der Waals surface area (Å²) in [5.74, 6) is 1.77. The van der Waals surface area contributed by atoms with Gasteiger partial charge in [-0.15, -0.1) is 0 Å². The lowest BCUT2D eigenvalue weighted by Crippen LogP contribution is -2.44. The van der Waals surface area contributed by atoms with E-state index >= 15 is 0 Å². The van der Waals surface area contributed by atoms with Crippen LogP contribution >= 0.6 is 0 Å². The summed E-state index contributed by atoms with van der Waals surface area (Å²) < 4.78 is 11.2.